The topological polar surface area (TPSA) is 68.0 Å². The Bertz CT molecular complexity index is 1060. The van der Waals surface area contributed by atoms with Gasteiger partial charge in [0.05, 0.1) is 18.1 Å². The van der Waals surface area contributed by atoms with Crippen molar-refractivity contribution < 1.29 is 13.6 Å². The minimum Gasteiger partial charge on any atom is -0.451 e. The quantitative estimate of drug-likeness (QED) is 0.568. The van der Waals surface area contributed by atoms with E-state index < -0.39 is 5.91 Å². The first-order valence-electron chi connectivity index (χ1n) is 8.24. The predicted molar refractivity (Wildman–Crippen MR) is 99.5 cm³/mol. The van der Waals surface area contributed by atoms with Gasteiger partial charge in [-0.2, -0.15) is 0 Å². The monoisotopic (exact) mass is 359 g/mol. The summed E-state index contributed by atoms with van der Waals surface area (Å²) in [4.78, 5) is 20.9. The Kier molecular flexibility index (Phi) is 4.45. The van der Waals surface area contributed by atoms with Crippen LogP contribution in [0.15, 0.2) is 83.5 Å². The zero-order chi connectivity index (χ0) is 18.6. The Balaban J connectivity index is 1.47. The lowest BCUT2D eigenvalue weighted by atomic mass is 10.2. The highest BCUT2D eigenvalue weighted by Gasteiger charge is 2.13. The molecule has 0 aliphatic rings. The molecule has 0 aliphatic carbocycles. The fourth-order valence-electron chi connectivity index (χ4n) is 2.55. The molecule has 5 nitrogen and oxygen atoms in total. The lowest BCUT2D eigenvalue weighted by Crippen LogP contribution is -2.11. The summed E-state index contributed by atoms with van der Waals surface area (Å²) in [5.41, 5.74) is 2.04. The van der Waals surface area contributed by atoms with E-state index >= 15 is 0 Å². The Morgan fingerprint density at radius 1 is 0.852 bits per heavy atom. The van der Waals surface area contributed by atoms with Gasteiger partial charge >= 0.3 is 0 Å². The maximum absolute atomic E-state index is 13.0. The Morgan fingerprint density at radius 3 is 2.26 bits per heavy atom. The summed E-state index contributed by atoms with van der Waals surface area (Å²) in [5, 5.41) is 2.69. The zero-order valence-electron chi connectivity index (χ0n) is 14.1. The third-order valence-corrected chi connectivity index (χ3v) is 3.90. The molecule has 2 aromatic carbocycles. The molecule has 0 radical (unpaired) electrons. The van der Waals surface area contributed by atoms with Crippen molar-refractivity contribution in [1.29, 1.82) is 0 Å². The van der Waals surface area contributed by atoms with Gasteiger partial charge in [-0.25, -0.2) is 14.4 Å². The number of nitrogens with one attached hydrogen (secondary N) is 1. The second-order valence-electron chi connectivity index (χ2n) is 5.79. The number of amides is 1. The van der Waals surface area contributed by atoms with E-state index in [4.69, 9.17) is 4.42 Å². The standard InChI is InChI=1S/C21H14FN3O2/c22-16-8-6-14(7-9-16)18-10-11-19(27-18)21(26)25-17-12-23-20(24-13-17)15-4-2-1-3-5-15/h1-13H,(H,25,26). The van der Waals surface area contributed by atoms with Crippen molar-refractivity contribution in [1.82, 2.24) is 9.97 Å². The van der Waals surface area contributed by atoms with Gasteiger partial charge in [0.2, 0.25) is 0 Å². The van der Waals surface area contributed by atoms with Crippen LogP contribution in [-0.2, 0) is 0 Å². The summed E-state index contributed by atoms with van der Waals surface area (Å²) in [7, 11) is 0. The van der Waals surface area contributed by atoms with Gasteiger partial charge in [-0.1, -0.05) is 30.3 Å². The highest BCUT2D eigenvalue weighted by Crippen LogP contribution is 2.23. The number of furan rings is 1. The number of aromatic nitrogens is 2. The molecule has 2 heterocycles. The molecule has 0 saturated heterocycles. The van der Waals surface area contributed by atoms with Crippen LogP contribution in [0.5, 0.6) is 0 Å². The van der Waals surface area contributed by atoms with Crippen molar-refractivity contribution in [2.45, 2.75) is 0 Å². The van der Waals surface area contributed by atoms with E-state index in [0.29, 0.717) is 22.8 Å². The van der Waals surface area contributed by atoms with Gasteiger partial charge in [0, 0.05) is 11.1 Å². The number of nitrogens with zero attached hydrogens (tertiary/aromatic N) is 2. The third kappa shape index (κ3) is 3.74. The zero-order valence-corrected chi connectivity index (χ0v) is 14.1. The van der Waals surface area contributed by atoms with Crippen molar-refractivity contribution in [3.8, 4) is 22.7 Å². The van der Waals surface area contributed by atoms with E-state index in [9.17, 15) is 9.18 Å². The number of benzene rings is 2. The van der Waals surface area contributed by atoms with Crippen molar-refractivity contribution in [2.24, 2.45) is 0 Å². The van der Waals surface area contributed by atoms with E-state index in [2.05, 4.69) is 15.3 Å². The molecular weight excluding hydrogens is 345 g/mol. The maximum atomic E-state index is 13.0. The molecule has 0 spiro atoms. The van der Waals surface area contributed by atoms with Gasteiger partial charge < -0.3 is 9.73 Å². The molecular formula is C21H14FN3O2. The van der Waals surface area contributed by atoms with Gasteiger partial charge in [-0.15, -0.1) is 0 Å². The van der Waals surface area contributed by atoms with Gasteiger partial charge in [-0.05, 0) is 36.4 Å². The Morgan fingerprint density at radius 2 is 1.56 bits per heavy atom. The molecule has 2 aromatic heterocycles. The van der Waals surface area contributed by atoms with Gasteiger partial charge in [0.15, 0.2) is 11.6 Å². The second-order valence-corrected chi connectivity index (χ2v) is 5.79. The van der Waals surface area contributed by atoms with Crippen LogP contribution in [0.4, 0.5) is 10.1 Å². The minimum atomic E-state index is -0.417. The molecule has 0 unspecified atom stereocenters. The summed E-state index contributed by atoms with van der Waals surface area (Å²) in [6, 6.07) is 18.6. The lowest BCUT2D eigenvalue weighted by molar-refractivity contribution is 0.0997. The molecule has 4 aromatic rings. The number of carbonyl (C=O) groups is 1. The summed E-state index contributed by atoms with van der Waals surface area (Å²) < 4.78 is 18.6. The second kappa shape index (κ2) is 7.21. The number of hydrogen-bond donors (Lipinski definition) is 1. The molecule has 0 bridgehead atoms. The van der Waals surface area contributed by atoms with E-state index in [0.717, 1.165) is 5.56 Å². The number of hydrogen-bond acceptors (Lipinski definition) is 4. The van der Waals surface area contributed by atoms with Crippen molar-refractivity contribution in [2.75, 3.05) is 5.32 Å². The van der Waals surface area contributed by atoms with Gasteiger partial charge in [-0.3, -0.25) is 4.79 Å². The van der Waals surface area contributed by atoms with Crippen molar-refractivity contribution in [3.63, 3.8) is 0 Å². The SMILES string of the molecule is O=C(Nc1cnc(-c2ccccc2)nc1)c1ccc(-c2ccc(F)cc2)o1. The Labute approximate surface area is 154 Å². The predicted octanol–water partition coefficient (Wildman–Crippen LogP) is 4.80. The summed E-state index contributed by atoms with van der Waals surface area (Å²) in [6.07, 6.45) is 3.08. The Hall–Kier alpha value is -3.80. The highest BCUT2D eigenvalue weighted by atomic mass is 19.1. The van der Waals surface area contributed by atoms with Crippen LogP contribution in [0.25, 0.3) is 22.7 Å². The summed E-state index contributed by atoms with van der Waals surface area (Å²) in [6.45, 7) is 0. The molecule has 132 valence electrons. The van der Waals surface area contributed by atoms with Crippen LogP contribution in [0, 0.1) is 5.82 Å². The van der Waals surface area contributed by atoms with E-state index in [1.54, 1.807) is 24.3 Å². The van der Waals surface area contributed by atoms with Crippen LogP contribution >= 0.6 is 0 Å². The molecule has 6 heteroatoms. The summed E-state index contributed by atoms with van der Waals surface area (Å²) in [5.74, 6) is 0.448. The number of carbonyl (C=O) groups excluding carboxylic acids is 1. The third-order valence-electron chi connectivity index (χ3n) is 3.90. The molecule has 0 atom stereocenters. The molecule has 0 saturated carbocycles. The number of anilines is 1. The smallest absolute Gasteiger partial charge is 0.291 e. The first-order valence-corrected chi connectivity index (χ1v) is 8.24. The number of halogens is 1. The first kappa shape index (κ1) is 16.7. The average Bonchev–Trinajstić information content (AvgIpc) is 3.20. The summed E-state index contributed by atoms with van der Waals surface area (Å²) >= 11 is 0. The van der Waals surface area contributed by atoms with Crippen LogP contribution in [0.2, 0.25) is 0 Å². The van der Waals surface area contributed by atoms with Gasteiger partial charge in [0.1, 0.15) is 11.6 Å². The molecule has 27 heavy (non-hydrogen) atoms. The molecule has 1 N–H and O–H groups in total. The highest BCUT2D eigenvalue weighted by molar-refractivity contribution is 6.02. The van der Waals surface area contributed by atoms with E-state index in [1.165, 1.54) is 24.5 Å². The van der Waals surface area contributed by atoms with Crippen LogP contribution < -0.4 is 5.32 Å². The lowest BCUT2D eigenvalue weighted by Gasteiger charge is -2.04. The minimum absolute atomic E-state index is 0.140. The molecule has 4 rings (SSSR count). The van der Waals surface area contributed by atoms with Crippen molar-refractivity contribution in [3.05, 3.63) is 90.7 Å². The number of rotatable bonds is 4. The van der Waals surface area contributed by atoms with E-state index in [1.807, 2.05) is 30.3 Å². The van der Waals surface area contributed by atoms with Crippen molar-refractivity contribution >= 4 is 11.6 Å². The van der Waals surface area contributed by atoms with Crippen LogP contribution in [-0.4, -0.2) is 15.9 Å². The van der Waals surface area contributed by atoms with E-state index in [-0.39, 0.29) is 11.6 Å². The fraction of sp³-hybridized carbons (Fsp3) is 0. The first-order chi connectivity index (χ1) is 13.2. The molecule has 1 amide bonds. The molecule has 0 aliphatic heterocycles. The largest absolute Gasteiger partial charge is 0.451 e. The average molecular weight is 359 g/mol. The maximum Gasteiger partial charge on any atom is 0.291 e. The van der Waals surface area contributed by atoms with Gasteiger partial charge in [0.25, 0.3) is 5.91 Å². The normalized spacial score (nSPS) is 10.6. The van der Waals surface area contributed by atoms with Crippen LogP contribution in [0.1, 0.15) is 10.6 Å². The molecule has 0 fully saturated rings. The van der Waals surface area contributed by atoms with Crippen LogP contribution in [0.3, 0.4) is 0 Å². The fourth-order valence-corrected chi connectivity index (χ4v) is 2.55.